The highest BCUT2D eigenvalue weighted by Crippen LogP contribution is 2.21. The van der Waals surface area contributed by atoms with Gasteiger partial charge in [-0.2, -0.15) is 0 Å². The van der Waals surface area contributed by atoms with Crippen molar-refractivity contribution < 1.29 is 18.3 Å². The van der Waals surface area contributed by atoms with E-state index in [0.717, 1.165) is 23.3 Å². The van der Waals surface area contributed by atoms with E-state index in [9.17, 15) is 13.6 Å². The number of esters is 1. The molecule has 0 fully saturated rings. The van der Waals surface area contributed by atoms with E-state index in [0.29, 0.717) is 0 Å². The molecule has 0 N–H and O–H groups in total. The van der Waals surface area contributed by atoms with Crippen LogP contribution in [0.5, 0.6) is 0 Å². The zero-order chi connectivity index (χ0) is 15.7. The van der Waals surface area contributed by atoms with Crippen molar-refractivity contribution in [1.82, 2.24) is 0 Å². The number of carbonyl (C=O) groups excluding carboxylic acids is 1. The van der Waals surface area contributed by atoms with Gasteiger partial charge < -0.3 is 4.74 Å². The second-order valence-electron chi connectivity index (χ2n) is 4.82. The second kappa shape index (κ2) is 5.52. The number of rotatable bonds is 2. The van der Waals surface area contributed by atoms with E-state index < -0.39 is 17.6 Å². The number of ether oxygens (including phenoxy) is 1. The molecule has 0 saturated carbocycles. The fraction of sp³-hybridized carbons (Fsp3) is 0.0588. The first-order valence-electron chi connectivity index (χ1n) is 6.58. The zero-order valence-electron chi connectivity index (χ0n) is 11.6. The average Bonchev–Trinajstić information content (AvgIpc) is 2.85. The number of halogens is 2. The molecular formula is C17H11F2NO2. The SMILES string of the molecule is Cc1ccccc1/C=C1\N=C(c2ccc(F)c(F)c2)OC1=O. The lowest BCUT2D eigenvalue weighted by Crippen LogP contribution is -2.06. The van der Waals surface area contributed by atoms with Crippen molar-refractivity contribution in [3.63, 3.8) is 0 Å². The van der Waals surface area contributed by atoms with Gasteiger partial charge in [0.15, 0.2) is 17.3 Å². The number of cyclic esters (lactones) is 1. The normalized spacial score (nSPS) is 15.9. The number of benzene rings is 2. The van der Waals surface area contributed by atoms with Crippen molar-refractivity contribution in [2.45, 2.75) is 6.92 Å². The minimum absolute atomic E-state index is 0.0382. The Morgan fingerprint density at radius 3 is 2.59 bits per heavy atom. The third kappa shape index (κ3) is 2.65. The topological polar surface area (TPSA) is 38.7 Å². The van der Waals surface area contributed by atoms with Crippen LogP contribution in [0.2, 0.25) is 0 Å². The number of aliphatic imine (C=N–C) groups is 1. The van der Waals surface area contributed by atoms with E-state index in [1.165, 1.54) is 6.07 Å². The Hall–Kier alpha value is -2.82. The van der Waals surface area contributed by atoms with Gasteiger partial charge in [0.1, 0.15) is 0 Å². The van der Waals surface area contributed by atoms with Gasteiger partial charge in [-0.1, -0.05) is 24.3 Å². The third-order valence-electron chi connectivity index (χ3n) is 3.27. The molecule has 2 aromatic carbocycles. The Morgan fingerprint density at radius 2 is 1.86 bits per heavy atom. The largest absolute Gasteiger partial charge is 0.402 e. The third-order valence-corrected chi connectivity index (χ3v) is 3.27. The van der Waals surface area contributed by atoms with Gasteiger partial charge in [0.2, 0.25) is 5.90 Å². The van der Waals surface area contributed by atoms with Crippen LogP contribution in [0.4, 0.5) is 8.78 Å². The van der Waals surface area contributed by atoms with Crippen LogP contribution in [-0.4, -0.2) is 11.9 Å². The van der Waals surface area contributed by atoms with Crippen LogP contribution < -0.4 is 0 Å². The zero-order valence-corrected chi connectivity index (χ0v) is 11.6. The van der Waals surface area contributed by atoms with E-state index in [4.69, 9.17) is 4.74 Å². The molecule has 0 aliphatic carbocycles. The second-order valence-corrected chi connectivity index (χ2v) is 4.82. The van der Waals surface area contributed by atoms with Gasteiger partial charge in [-0.15, -0.1) is 0 Å². The molecule has 0 bridgehead atoms. The molecule has 0 radical (unpaired) electrons. The molecule has 0 saturated heterocycles. The lowest BCUT2D eigenvalue weighted by molar-refractivity contribution is -0.129. The van der Waals surface area contributed by atoms with Gasteiger partial charge in [0.25, 0.3) is 0 Å². The summed E-state index contributed by atoms with van der Waals surface area (Å²) in [5.41, 5.74) is 2.15. The van der Waals surface area contributed by atoms with Gasteiger partial charge in [-0.3, -0.25) is 0 Å². The molecule has 3 rings (SSSR count). The molecule has 110 valence electrons. The Labute approximate surface area is 125 Å². The van der Waals surface area contributed by atoms with Crippen molar-refractivity contribution in [3.8, 4) is 0 Å². The first-order chi connectivity index (χ1) is 10.5. The lowest BCUT2D eigenvalue weighted by Gasteiger charge is -1.99. The molecule has 0 unspecified atom stereocenters. The first kappa shape index (κ1) is 14.1. The molecule has 3 nitrogen and oxygen atoms in total. The summed E-state index contributed by atoms with van der Waals surface area (Å²) in [6, 6.07) is 10.7. The number of hydrogen-bond donors (Lipinski definition) is 0. The standard InChI is InChI=1S/C17H11F2NO2/c1-10-4-2-3-5-11(10)9-15-17(21)22-16(20-15)12-6-7-13(18)14(19)8-12/h2-9H,1H3/b15-9-. The molecule has 2 aromatic rings. The fourth-order valence-electron chi connectivity index (χ4n) is 2.06. The summed E-state index contributed by atoms with van der Waals surface area (Å²) in [6.45, 7) is 1.91. The van der Waals surface area contributed by atoms with Gasteiger partial charge in [-0.05, 0) is 42.3 Å². The summed E-state index contributed by atoms with van der Waals surface area (Å²) in [5, 5.41) is 0. The Morgan fingerprint density at radius 1 is 1.09 bits per heavy atom. The van der Waals surface area contributed by atoms with E-state index in [-0.39, 0.29) is 17.2 Å². The number of hydrogen-bond acceptors (Lipinski definition) is 3. The van der Waals surface area contributed by atoms with Crippen molar-refractivity contribution in [3.05, 3.63) is 76.5 Å². The van der Waals surface area contributed by atoms with Crippen LogP contribution >= 0.6 is 0 Å². The maximum Gasteiger partial charge on any atom is 0.363 e. The summed E-state index contributed by atoms with van der Waals surface area (Å²) in [6.07, 6.45) is 1.60. The number of aryl methyl sites for hydroxylation is 1. The van der Waals surface area contributed by atoms with Crippen LogP contribution in [0.1, 0.15) is 16.7 Å². The van der Waals surface area contributed by atoms with Crippen molar-refractivity contribution >= 4 is 17.9 Å². The molecule has 0 aromatic heterocycles. The predicted molar refractivity (Wildman–Crippen MR) is 78.1 cm³/mol. The number of carbonyl (C=O) groups is 1. The van der Waals surface area contributed by atoms with E-state index >= 15 is 0 Å². The summed E-state index contributed by atoms with van der Waals surface area (Å²) in [7, 11) is 0. The molecule has 0 spiro atoms. The van der Waals surface area contributed by atoms with Crippen LogP contribution in [0.15, 0.2) is 53.2 Å². The van der Waals surface area contributed by atoms with Gasteiger partial charge in [0.05, 0.1) is 0 Å². The minimum atomic E-state index is -1.02. The smallest absolute Gasteiger partial charge is 0.363 e. The molecule has 22 heavy (non-hydrogen) atoms. The minimum Gasteiger partial charge on any atom is -0.402 e. The average molecular weight is 299 g/mol. The summed E-state index contributed by atoms with van der Waals surface area (Å²) >= 11 is 0. The van der Waals surface area contributed by atoms with E-state index in [2.05, 4.69) is 4.99 Å². The van der Waals surface area contributed by atoms with Crippen molar-refractivity contribution in [2.75, 3.05) is 0 Å². The Kier molecular flexibility index (Phi) is 3.55. The Balaban J connectivity index is 1.98. The van der Waals surface area contributed by atoms with E-state index in [1.807, 2.05) is 31.2 Å². The summed E-state index contributed by atoms with van der Waals surface area (Å²) in [4.78, 5) is 15.9. The van der Waals surface area contributed by atoms with Gasteiger partial charge in [0, 0.05) is 5.56 Å². The molecule has 1 aliphatic heterocycles. The summed E-state index contributed by atoms with van der Waals surface area (Å²) in [5.74, 6) is -2.65. The van der Waals surface area contributed by atoms with Crippen LogP contribution in [0.25, 0.3) is 6.08 Å². The summed E-state index contributed by atoms with van der Waals surface area (Å²) < 4.78 is 31.2. The highest BCUT2D eigenvalue weighted by Gasteiger charge is 2.24. The first-order valence-corrected chi connectivity index (χ1v) is 6.58. The van der Waals surface area contributed by atoms with Crippen molar-refractivity contribution in [2.24, 2.45) is 4.99 Å². The Bertz CT molecular complexity index is 825. The van der Waals surface area contributed by atoms with Gasteiger partial charge >= 0.3 is 5.97 Å². The fourth-order valence-corrected chi connectivity index (χ4v) is 2.06. The van der Waals surface area contributed by atoms with Crippen LogP contribution in [-0.2, 0) is 9.53 Å². The monoisotopic (exact) mass is 299 g/mol. The van der Waals surface area contributed by atoms with Crippen molar-refractivity contribution in [1.29, 1.82) is 0 Å². The van der Waals surface area contributed by atoms with Crippen LogP contribution in [0, 0.1) is 18.6 Å². The molecule has 5 heteroatoms. The molecule has 1 aliphatic rings. The van der Waals surface area contributed by atoms with Gasteiger partial charge in [-0.25, -0.2) is 18.6 Å². The molecule has 0 amide bonds. The highest BCUT2D eigenvalue weighted by molar-refractivity contribution is 6.12. The number of nitrogens with zero attached hydrogens (tertiary/aromatic N) is 1. The van der Waals surface area contributed by atoms with E-state index in [1.54, 1.807) is 6.08 Å². The quantitative estimate of drug-likeness (QED) is 0.627. The lowest BCUT2D eigenvalue weighted by atomic mass is 10.1. The maximum absolute atomic E-state index is 13.2. The molecular weight excluding hydrogens is 288 g/mol. The highest BCUT2D eigenvalue weighted by atomic mass is 19.2. The molecule has 1 heterocycles. The maximum atomic E-state index is 13.2. The van der Waals surface area contributed by atoms with Crippen LogP contribution in [0.3, 0.4) is 0 Å². The predicted octanol–water partition coefficient (Wildman–Crippen LogP) is 3.62. The molecule has 0 atom stereocenters.